The predicted octanol–water partition coefficient (Wildman–Crippen LogP) is -2.44. The summed E-state index contributed by atoms with van der Waals surface area (Å²) in [7, 11) is 2.48. The van der Waals surface area contributed by atoms with E-state index in [1.807, 2.05) is 0 Å². The van der Waals surface area contributed by atoms with E-state index in [1.165, 1.54) is 14.2 Å². The molecular weight excluding hydrogens is 718 g/mol. The van der Waals surface area contributed by atoms with Crippen LogP contribution in [0.1, 0.15) is 0 Å². The summed E-state index contributed by atoms with van der Waals surface area (Å²) in [4.78, 5) is 74.5. The molecule has 2 rings (SSSR count). The number of hydrogen-bond donors (Lipinski definition) is 4. The van der Waals surface area contributed by atoms with Crippen molar-refractivity contribution >= 4 is 46.3 Å². The van der Waals surface area contributed by atoms with Gasteiger partial charge in [-0.15, -0.1) is 0 Å². The van der Waals surface area contributed by atoms with Gasteiger partial charge >= 0.3 is 31.7 Å². The summed E-state index contributed by atoms with van der Waals surface area (Å²) in [6.07, 6.45) is -1.26. The molecule has 0 aliphatic heterocycles. The topological polar surface area (TPSA) is 500 Å². The minimum absolute atomic E-state index is 0. The Morgan fingerprint density at radius 2 is 0.745 bits per heavy atom. The maximum atomic E-state index is 11.1. The first-order valence-corrected chi connectivity index (χ1v) is 9.96. The Bertz CT molecular complexity index is 1270. The summed E-state index contributed by atoms with van der Waals surface area (Å²) in [5.41, 5.74) is -3.02. The molecule has 0 heterocycles. The largest absolute Gasteiger partial charge is 2.00 e. The van der Waals surface area contributed by atoms with Crippen LogP contribution in [0.15, 0.2) is 24.3 Å². The Hall–Kier alpha value is -6.56. The van der Waals surface area contributed by atoms with E-state index < -0.39 is 87.3 Å². The first kappa shape index (κ1) is 50.1. The van der Waals surface area contributed by atoms with Crippen LogP contribution in [0.2, 0.25) is 0 Å². The number of carbonyl (C=O) groups excluding carboxylic acids is 2. The molecule has 12 N–H and O–H groups in total. The molecule has 2 aromatic rings. The number of non-ortho nitro benzene ring substituents is 2. The molecule has 0 saturated heterocycles. The second kappa shape index (κ2) is 23.8. The second-order valence-corrected chi connectivity index (χ2v) is 6.44. The molecule has 31 heteroatoms. The van der Waals surface area contributed by atoms with Gasteiger partial charge < -0.3 is 30.6 Å². The van der Waals surface area contributed by atoms with E-state index in [1.54, 1.807) is 10.9 Å². The van der Waals surface area contributed by atoms with Crippen LogP contribution in [0.3, 0.4) is 0 Å². The number of hydrazine groups is 2. The monoisotopic (exact) mass is 738 g/mol. The molecule has 30 nitrogen and oxygen atoms in total. The zero-order valence-corrected chi connectivity index (χ0v) is 26.3. The molecule has 0 bridgehead atoms. The molecule has 256 valence electrons. The SMILES string of the molecule is COC(=O)NN.COC(=O)NN.O=[N+]([O-])c1cc([N+](=O)[O-])c([O-])c([N+](=O)[O-])c1.O=[N+]([O-])c1cc([N+](=O)[O-])c([O-])c([N+](=O)[O-])c1.[OH3+].[OH3+].[Zn+2]. The molecule has 0 fully saturated rings. The Balaban J connectivity index is -0.000000179. The van der Waals surface area contributed by atoms with E-state index >= 15 is 0 Å². The Labute approximate surface area is 269 Å². The third-order valence-electron chi connectivity index (χ3n) is 3.88. The third-order valence-corrected chi connectivity index (χ3v) is 3.88. The molecule has 0 atom stereocenters. The Morgan fingerprint density at radius 3 is 0.830 bits per heavy atom. The number of ether oxygens (including phenoxy) is 2. The van der Waals surface area contributed by atoms with E-state index in [0.717, 1.165) is 0 Å². The van der Waals surface area contributed by atoms with Crippen LogP contribution in [-0.4, -0.2) is 55.9 Å². The van der Waals surface area contributed by atoms with Crippen molar-refractivity contribution in [2.45, 2.75) is 0 Å². The zero-order valence-electron chi connectivity index (χ0n) is 23.4. The number of benzene rings is 2. The van der Waals surface area contributed by atoms with E-state index in [2.05, 4.69) is 21.2 Å². The van der Waals surface area contributed by atoms with Gasteiger partial charge in [-0.05, 0) is 0 Å². The predicted molar refractivity (Wildman–Crippen MR) is 141 cm³/mol. The Morgan fingerprint density at radius 1 is 0.553 bits per heavy atom. The number of amides is 2. The summed E-state index contributed by atoms with van der Waals surface area (Å²) in [6.45, 7) is 0. The molecule has 2 aromatic carbocycles. The van der Waals surface area contributed by atoms with E-state index in [9.17, 15) is 80.5 Å². The van der Waals surface area contributed by atoms with E-state index in [-0.39, 0.29) is 30.4 Å². The Kier molecular flexibility index (Phi) is 25.4. The fraction of sp³-hybridized carbons (Fsp3) is 0.125. The maximum Gasteiger partial charge on any atom is 2.00 e. The van der Waals surface area contributed by atoms with Crippen LogP contribution >= 0.6 is 0 Å². The molecule has 2 amide bonds. The number of nitrogens with zero attached hydrogens (tertiary/aromatic N) is 6. The molecule has 0 radical (unpaired) electrons. The molecule has 0 aliphatic rings. The van der Waals surface area contributed by atoms with E-state index in [0.29, 0.717) is 24.3 Å². The van der Waals surface area contributed by atoms with Crippen molar-refractivity contribution in [3.63, 3.8) is 0 Å². The van der Waals surface area contributed by atoms with Crippen molar-refractivity contribution in [2.75, 3.05) is 14.2 Å². The van der Waals surface area contributed by atoms with Crippen LogP contribution in [0, 0.1) is 60.7 Å². The number of nitrogens with two attached hydrogens (primary N) is 2. The van der Waals surface area contributed by atoms with Gasteiger partial charge in [-0.1, -0.05) is 0 Å². The molecule has 0 aliphatic carbocycles. The minimum Gasteiger partial charge on any atom is -0.863 e. The number of rotatable bonds is 6. The maximum absolute atomic E-state index is 11.1. The summed E-state index contributed by atoms with van der Waals surface area (Å²) in [5, 5.41) is 84.2. The number of carbonyl (C=O) groups is 2. The van der Waals surface area contributed by atoms with Crippen LogP contribution in [0.4, 0.5) is 43.7 Å². The summed E-state index contributed by atoms with van der Waals surface area (Å²) in [6, 6.07) is 1.54. The van der Waals surface area contributed by atoms with E-state index in [4.69, 9.17) is 0 Å². The first-order valence-electron chi connectivity index (χ1n) is 9.96. The van der Waals surface area contributed by atoms with Crippen LogP contribution in [0.5, 0.6) is 11.5 Å². The summed E-state index contributed by atoms with van der Waals surface area (Å²) < 4.78 is 8.05. The molecule has 0 spiro atoms. The van der Waals surface area contributed by atoms with Gasteiger partial charge in [0.2, 0.25) is 0 Å². The summed E-state index contributed by atoms with van der Waals surface area (Å²) >= 11 is 0. The van der Waals surface area contributed by atoms with Gasteiger partial charge in [-0.3, -0.25) is 71.5 Å². The number of nitrogens with one attached hydrogen (secondary N) is 2. The van der Waals surface area contributed by atoms with Crippen LogP contribution < -0.4 is 32.7 Å². The van der Waals surface area contributed by atoms with Crippen LogP contribution in [-0.2, 0) is 39.9 Å². The standard InChI is InChI=1S/2C6H3N3O7.2C2H6N2O2.2H2O.Zn/c2*10-6-4(8(13)14)1-3(7(11)12)2-5(6)9(15)16;2*1-6-2(5)4-3;;;/h2*1-2,10H;2*3H2,1H3,(H,4,5);2*1H2;/q;;;;;;+2. The molecule has 0 saturated carbocycles. The van der Waals surface area contributed by atoms with Gasteiger partial charge in [-0.2, -0.15) is 0 Å². The van der Waals surface area contributed by atoms with Gasteiger partial charge in [-0.25, -0.2) is 21.3 Å². The number of methoxy groups -OCH3 is 2. The molecule has 0 unspecified atom stereocenters. The molecule has 0 aromatic heterocycles. The van der Waals surface area contributed by atoms with Crippen molar-refractivity contribution in [1.29, 1.82) is 0 Å². The fourth-order valence-corrected chi connectivity index (χ4v) is 2.04. The van der Waals surface area contributed by atoms with Crippen molar-refractivity contribution in [2.24, 2.45) is 11.7 Å². The fourth-order valence-electron chi connectivity index (χ4n) is 2.04. The van der Waals surface area contributed by atoms with Gasteiger partial charge in [0.25, 0.3) is 34.1 Å². The average Bonchev–Trinajstić information content (AvgIpc) is 2.96. The summed E-state index contributed by atoms with van der Waals surface area (Å²) in [5.74, 6) is 6.20. The normalized spacial score (nSPS) is 8.43. The number of nitro benzene ring substituents is 6. The van der Waals surface area contributed by atoms with Gasteiger partial charge in [0, 0.05) is 0 Å². The zero-order chi connectivity index (χ0) is 34.9. The average molecular weight is 740 g/mol. The number of hydrogen-bond acceptors (Lipinski definition) is 20. The van der Waals surface area contributed by atoms with Crippen LogP contribution in [0.25, 0.3) is 0 Å². The van der Waals surface area contributed by atoms with Gasteiger partial charge in [0.05, 0.1) is 79.5 Å². The third kappa shape index (κ3) is 16.8. The van der Waals surface area contributed by atoms with Crippen molar-refractivity contribution in [1.82, 2.24) is 10.9 Å². The van der Waals surface area contributed by atoms with Crippen molar-refractivity contribution in [3.05, 3.63) is 85.0 Å². The minimum atomic E-state index is -1.46. The van der Waals surface area contributed by atoms with Gasteiger partial charge in [0.15, 0.2) is 0 Å². The van der Waals surface area contributed by atoms with Gasteiger partial charge in [0.1, 0.15) is 0 Å². The second-order valence-electron chi connectivity index (χ2n) is 6.44. The molecule has 47 heavy (non-hydrogen) atoms. The smallest absolute Gasteiger partial charge is 0.863 e. The van der Waals surface area contributed by atoms with Crippen molar-refractivity contribution < 1.29 is 89.2 Å². The molecular formula is C16H22N10O20Zn+2. The number of nitro groups is 6. The van der Waals surface area contributed by atoms with Crippen molar-refractivity contribution in [3.8, 4) is 11.5 Å². The quantitative estimate of drug-likeness (QED) is 0.0596. The first-order chi connectivity index (χ1) is 20.3.